The molecular weight excluding hydrogens is 230 g/mol. The Bertz CT molecular complexity index is 381. The molecule has 1 aliphatic heterocycles. The second kappa shape index (κ2) is 4.13. The van der Waals surface area contributed by atoms with E-state index in [1.54, 1.807) is 0 Å². The second-order valence-corrected chi connectivity index (χ2v) is 4.72. The smallest absolute Gasteiger partial charge is 0.408 e. The van der Waals surface area contributed by atoms with Gasteiger partial charge in [0.1, 0.15) is 6.04 Å². The highest BCUT2D eigenvalue weighted by molar-refractivity contribution is 7.10. The SMILES string of the molecule is O=C(O)[C@@H]1C[C@H](c2cccs2)CN1C(=O)O. The lowest BCUT2D eigenvalue weighted by atomic mass is 10.0. The van der Waals surface area contributed by atoms with Crippen LogP contribution in [0.3, 0.4) is 0 Å². The lowest BCUT2D eigenvalue weighted by Crippen LogP contribution is -2.39. The number of rotatable bonds is 2. The van der Waals surface area contributed by atoms with E-state index in [9.17, 15) is 9.59 Å². The van der Waals surface area contributed by atoms with Crippen LogP contribution < -0.4 is 0 Å². The highest BCUT2D eigenvalue weighted by Crippen LogP contribution is 2.34. The number of amides is 1. The van der Waals surface area contributed by atoms with Gasteiger partial charge in [-0.1, -0.05) is 6.07 Å². The van der Waals surface area contributed by atoms with Crippen LogP contribution in [-0.2, 0) is 4.79 Å². The lowest BCUT2D eigenvalue weighted by molar-refractivity contribution is -0.141. The van der Waals surface area contributed by atoms with Crippen molar-refractivity contribution in [2.45, 2.75) is 18.4 Å². The van der Waals surface area contributed by atoms with Crippen molar-refractivity contribution >= 4 is 23.4 Å². The second-order valence-electron chi connectivity index (χ2n) is 3.74. The molecule has 1 fully saturated rings. The molecule has 1 aromatic rings. The van der Waals surface area contributed by atoms with Gasteiger partial charge in [-0.25, -0.2) is 9.59 Å². The summed E-state index contributed by atoms with van der Waals surface area (Å²) in [5, 5.41) is 19.8. The zero-order valence-electron chi connectivity index (χ0n) is 8.37. The molecule has 0 bridgehead atoms. The fraction of sp³-hybridized carbons (Fsp3) is 0.400. The summed E-state index contributed by atoms with van der Waals surface area (Å²) in [5.41, 5.74) is 0. The van der Waals surface area contributed by atoms with Crippen LogP contribution in [-0.4, -0.2) is 39.8 Å². The molecule has 86 valence electrons. The van der Waals surface area contributed by atoms with Crippen LogP contribution in [0.25, 0.3) is 0 Å². The number of thiophene rings is 1. The van der Waals surface area contributed by atoms with Crippen LogP contribution in [0, 0.1) is 0 Å². The van der Waals surface area contributed by atoms with E-state index in [-0.39, 0.29) is 12.5 Å². The number of carboxylic acids is 1. The Morgan fingerprint density at radius 3 is 2.62 bits per heavy atom. The van der Waals surface area contributed by atoms with Crippen LogP contribution >= 0.6 is 11.3 Å². The molecule has 1 saturated heterocycles. The standard InChI is InChI=1S/C10H11NO4S/c12-9(13)7-4-6(5-11(7)10(14)15)8-2-1-3-16-8/h1-3,6-7H,4-5H2,(H,12,13)(H,14,15)/t6-,7-/m0/s1. The van der Waals surface area contributed by atoms with Crippen molar-refractivity contribution in [2.24, 2.45) is 0 Å². The van der Waals surface area contributed by atoms with Gasteiger partial charge in [-0.3, -0.25) is 4.90 Å². The predicted molar refractivity (Wildman–Crippen MR) is 57.8 cm³/mol. The Morgan fingerprint density at radius 2 is 2.19 bits per heavy atom. The van der Waals surface area contributed by atoms with E-state index in [1.807, 2.05) is 17.5 Å². The van der Waals surface area contributed by atoms with Crippen molar-refractivity contribution in [1.82, 2.24) is 4.90 Å². The molecule has 1 aromatic heterocycles. The van der Waals surface area contributed by atoms with Crippen molar-refractivity contribution < 1.29 is 19.8 Å². The molecule has 0 radical (unpaired) electrons. The molecule has 1 amide bonds. The van der Waals surface area contributed by atoms with Crippen molar-refractivity contribution in [3.63, 3.8) is 0 Å². The summed E-state index contributed by atoms with van der Waals surface area (Å²) in [4.78, 5) is 23.9. The van der Waals surface area contributed by atoms with Gasteiger partial charge in [-0.05, 0) is 17.9 Å². The Balaban J connectivity index is 2.18. The van der Waals surface area contributed by atoms with Gasteiger partial charge in [0.15, 0.2) is 0 Å². The minimum absolute atomic E-state index is 0.0113. The minimum atomic E-state index is -1.16. The van der Waals surface area contributed by atoms with E-state index < -0.39 is 18.1 Å². The van der Waals surface area contributed by atoms with Gasteiger partial charge in [0.25, 0.3) is 0 Å². The average Bonchev–Trinajstić information content (AvgIpc) is 2.86. The van der Waals surface area contributed by atoms with Crippen molar-refractivity contribution in [3.05, 3.63) is 22.4 Å². The van der Waals surface area contributed by atoms with Gasteiger partial charge in [0.2, 0.25) is 0 Å². The molecular formula is C10H11NO4S. The van der Waals surface area contributed by atoms with Crippen LogP contribution in [0.5, 0.6) is 0 Å². The monoisotopic (exact) mass is 241 g/mol. The number of aliphatic carboxylic acids is 1. The average molecular weight is 241 g/mol. The maximum absolute atomic E-state index is 10.9. The molecule has 2 heterocycles. The van der Waals surface area contributed by atoms with Crippen molar-refractivity contribution in [1.29, 1.82) is 0 Å². The highest BCUT2D eigenvalue weighted by Gasteiger charge is 2.40. The predicted octanol–water partition coefficient (Wildman–Crippen LogP) is 1.67. The van der Waals surface area contributed by atoms with Gasteiger partial charge in [0, 0.05) is 17.3 Å². The molecule has 2 rings (SSSR count). The van der Waals surface area contributed by atoms with E-state index in [0.717, 1.165) is 9.78 Å². The number of hydrogen-bond acceptors (Lipinski definition) is 3. The first-order valence-corrected chi connectivity index (χ1v) is 5.73. The third-order valence-electron chi connectivity index (χ3n) is 2.78. The molecule has 0 aromatic carbocycles. The maximum atomic E-state index is 10.9. The van der Waals surface area contributed by atoms with Crippen LogP contribution in [0.15, 0.2) is 17.5 Å². The summed E-state index contributed by atoms with van der Waals surface area (Å²) in [6.07, 6.45) is -0.797. The Kier molecular flexibility index (Phi) is 2.82. The number of hydrogen-bond donors (Lipinski definition) is 2. The molecule has 6 heteroatoms. The van der Waals surface area contributed by atoms with E-state index in [0.29, 0.717) is 6.42 Å². The molecule has 0 saturated carbocycles. The maximum Gasteiger partial charge on any atom is 0.408 e. The third-order valence-corrected chi connectivity index (χ3v) is 3.81. The summed E-state index contributed by atoms with van der Waals surface area (Å²) in [5.74, 6) is -1.06. The molecule has 1 aliphatic rings. The fourth-order valence-corrected chi connectivity index (χ4v) is 2.85. The van der Waals surface area contributed by atoms with Crippen molar-refractivity contribution in [3.8, 4) is 0 Å². The van der Waals surface area contributed by atoms with Crippen LogP contribution in [0.4, 0.5) is 4.79 Å². The summed E-state index contributed by atoms with van der Waals surface area (Å²) in [6, 6.07) is 2.89. The summed E-state index contributed by atoms with van der Waals surface area (Å²) >= 11 is 1.54. The number of carboxylic acid groups (broad SMARTS) is 2. The normalized spacial score (nSPS) is 24.6. The Morgan fingerprint density at radius 1 is 1.44 bits per heavy atom. The molecule has 16 heavy (non-hydrogen) atoms. The van der Waals surface area contributed by atoms with Gasteiger partial charge < -0.3 is 10.2 Å². The molecule has 0 unspecified atom stereocenters. The zero-order chi connectivity index (χ0) is 11.7. The quantitative estimate of drug-likeness (QED) is 0.825. The molecule has 5 nitrogen and oxygen atoms in total. The minimum Gasteiger partial charge on any atom is -0.480 e. The first kappa shape index (κ1) is 10.9. The van der Waals surface area contributed by atoms with E-state index in [1.165, 1.54) is 11.3 Å². The first-order chi connectivity index (χ1) is 7.59. The topological polar surface area (TPSA) is 77.8 Å². The Hall–Kier alpha value is -1.56. The van der Waals surface area contributed by atoms with Crippen LogP contribution in [0.1, 0.15) is 17.2 Å². The van der Waals surface area contributed by atoms with Crippen molar-refractivity contribution in [2.75, 3.05) is 6.54 Å². The highest BCUT2D eigenvalue weighted by atomic mass is 32.1. The largest absolute Gasteiger partial charge is 0.480 e. The zero-order valence-corrected chi connectivity index (χ0v) is 9.18. The van der Waals surface area contributed by atoms with E-state index in [4.69, 9.17) is 10.2 Å². The summed E-state index contributed by atoms with van der Waals surface area (Å²) in [6.45, 7) is 0.271. The number of likely N-dealkylation sites (tertiary alicyclic amines) is 1. The molecule has 2 atom stereocenters. The van der Waals surface area contributed by atoms with E-state index in [2.05, 4.69) is 0 Å². The van der Waals surface area contributed by atoms with Gasteiger partial charge in [0.05, 0.1) is 0 Å². The van der Waals surface area contributed by atoms with Gasteiger partial charge in [-0.2, -0.15) is 0 Å². The van der Waals surface area contributed by atoms with Crippen LogP contribution in [0.2, 0.25) is 0 Å². The first-order valence-electron chi connectivity index (χ1n) is 4.85. The molecule has 0 spiro atoms. The van der Waals surface area contributed by atoms with E-state index >= 15 is 0 Å². The number of carbonyl (C=O) groups is 2. The van der Waals surface area contributed by atoms with Gasteiger partial charge in [-0.15, -0.1) is 11.3 Å². The lowest BCUT2D eigenvalue weighted by Gasteiger charge is -2.16. The summed E-state index contributed by atoms with van der Waals surface area (Å²) < 4.78 is 0. The molecule has 0 aliphatic carbocycles. The fourth-order valence-electron chi connectivity index (χ4n) is 2.01. The van der Waals surface area contributed by atoms with Gasteiger partial charge >= 0.3 is 12.1 Å². The number of nitrogens with zero attached hydrogens (tertiary/aromatic N) is 1. The Labute approximate surface area is 95.9 Å². The molecule has 2 N–H and O–H groups in total. The summed E-state index contributed by atoms with van der Waals surface area (Å²) in [7, 11) is 0. The third kappa shape index (κ3) is 1.88.